The second-order valence-corrected chi connectivity index (χ2v) is 9.95. The third-order valence-corrected chi connectivity index (χ3v) is 6.82. The van der Waals surface area contributed by atoms with Gasteiger partial charge in [0.1, 0.15) is 6.26 Å². The molecule has 2 aliphatic heterocycles. The first-order valence-corrected chi connectivity index (χ1v) is 12.6. The van der Waals surface area contributed by atoms with Crippen LogP contribution in [-0.2, 0) is 19.6 Å². The Bertz CT molecular complexity index is 1180. The van der Waals surface area contributed by atoms with Crippen LogP contribution in [0.15, 0.2) is 53.1 Å². The minimum absolute atomic E-state index is 0.0651. The van der Waals surface area contributed by atoms with Crippen molar-refractivity contribution in [3.63, 3.8) is 0 Å². The van der Waals surface area contributed by atoms with Gasteiger partial charge in [0.05, 0.1) is 6.54 Å². The molecule has 2 aliphatic rings. The highest BCUT2D eigenvalue weighted by Gasteiger charge is 2.24. The maximum absolute atomic E-state index is 12.9. The SMILES string of the molecule is CC(C)c1ccc(CN(Cc2ccc3c(c2)OCO3)Cc2nc(C(=O)N3CCN(C)CC3)co2)cc1. The van der Waals surface area contributed by atoms with Crippen LogP contribution in [0.1, 0.15) is 52.8 Å². The van der Waals surface area contributed by atoms with Crippen LogP contribution in [0, 0.1) is 0 Å². The number of amides is 1. The molecule has 8 heteroatoms. The first kappa shape index (κ1) is 24.3. The van der Waals surface area contributed by atoms with E-state index in [1.54, 1.807) is 0 Å². The highest BCUT2D eigenvalue weighted by atomic mass is 16.7. The van der Waals surface area contributed by atoms with Crippen molar-refractivity contribution in [2.45, 2.75) is 39.4 Å². The first-order chi connectivity index (χ1) is 17.4. The average Bonchev–Trinajstić information content (AvgIpc) is 3.54. The molecule has 3 aromatic rings. The van der Waals surface area contributed by atoms with Crippen LogP contribution in [0.4, 0.5) is 0 Å². The van der Waals surface area contributed by atoms with E-state index in [-0.39, 0.29) is 12.7 Å². The average molecular weight is 491 g/mol. The van der Waals surface area contributed by atoms with Gasteiger partial charge in [-0.05, 0) is 41.8 Å². The van der Waals surface area contributed by atoms with E-state index in [1.807, 2.05) is 17.0 Å². The van der Waals surface area contributed by atoms with E-state index >= 15 is 0 Å². The Morgan fingerprint density at radius 3 is 2.39 bits per heavy atom. The topological polar surface area (TPSA) is 71.3 Å². The van der Waals surface area contributed by atoms with Crippen molar-refractivity contribution in [1.29, 1.82) is 0 Å². The molecule has 0 bridgehead atoms. The molecule has 190 valence electrons. The molecule has 0 spiro atoms. The Morgan fingerprint density at radius 2 is 1.64 bits per heavy atom. The summed E-state index contributed by atoms with van der Waals surface area (Å²) in [7, 11) is 2.07. The molecule has 2 aromatic carbocycles. The number of nitrogens with zero attached hydrogens (tertiary/aromatic N) is 4. The monoisotopic (exact) mass is 490 g/mol. The van der Waals surface area contributed by atoms with Gasteiger partial charge in [0.15, 0.2) is 17.2 Å². The van der Waals surface area contributed by atoms with Crippen molar-refractivity contribution < 1.29 is 18.7 Å². The van der Waals surface area contributed by atoms with Crippen molar-refractivity contribution in [1.82, 2.24) is 19.7 Å². The highest BCUT2D eigenvalue weighted by molar-refractivity contribution is 5.92. The number of carbonyl (C=O) groups excluding carboxylic acids is 1. The van der Waals surface area contributed by atoms with Gasteiger partial charge in [-0.3, -0.25) is 9.69 Å². The summed E-state index contributed by atoms with van der Waals surface area (Å²) < 4.78 is 16.8. The number of likely N-dealkylation sites (N-methyl/N-ethyl adjacent to an activating group) is 1. The van der Waals surface area contributed by atoms with Gasteiger partial charge < -0.3 is 23.7 Å². The fourth-order valence-electron chi connectivity index (χ4n) is 4.58. The Hall–Kier alpha value is -3.36. The summed E-state index contributed by atoms with van der Waals surface area (Å²) in [5.74, 6) is 2.50. The molecular formula is C28H34N4O4. The molecule has 0 aliphatic carbocycles. The maximum Gasteiger partial charge on any atom is 0.275 e. The second kappa shape index (κ2) is 10.7. The molecule has 8 nitrogen and oxygen atoms in total. The highest BCUT2D eigenvalue weighted by Crippen LogP contribution is 2.33. The molecule has 0 atom stereocenters. The van der Waals surface area contributed by atoms with Gasteiger partial charge in [0.25, 0.3) is 5.91 Å². The molecule has 0 unspecified atom stereocenters. The maximum atomic E-state index is 12.9. The van der Waals surface area contributed by atoms with Crippen LogP contribution in [0.5, 0.6) is 11.5 Å². The molecule has 3 heterocycles. The number of hydrogen-bond donors (Lipinski definition) is 0. The minimum atomic E-state index is -0.0651. The predicted octanol–water partition coefficient (Wildman–Crippen LogP) is 4.12. The molecule has 0 radical (unpaired) electrons. The summed E-state index contributed by atoms with van der Waals surface area (Å²) in [5.41, 5.74) is 4.01. The van der Waals surface area contributed by atoms with Crippen LogP contribution in [0.3, 0.4) is 0 Å². The zero-order valence-corrected chi connectivity index (χ0v) is 21.3. The molecule has 5 rings (SSSR count). The number of aromatic nitrogens is 1. The third-order valence-electron chi connectivity index (χ3n) is 6.82. The van der Waals surface area contributed by atoms with E-state index < -0.39 is 0 Å². The largest absolute Gasteiger partial charge is 0.454 e. The van der Waals surface area contributed by atoms with Gasteiger partial charge in [-0.15, -0.1) is 0 Å². The number of piperazine rings is 1. The first-order valence-electron chi connectivity index (χ1n) is 12.6. The van der Waals surface area contributed by atoms with Crippen LogP contribution >= 0.6 is 0 Å². The Balaban J connectivity index is 1.31. The lowest BCUT2D eigenvalue weighted by molar-refractivity contribution is 0.0658. The molecule has 0 N–H and O–H groups in total. The molecule has 1 saturated heterocycles. The number of carbonyl (C=O) groups is 1. The van der Waals surface area contributed by atoms with Crippen LogP contribution in [0.2, 0.25) is 0 Å². The van der Waals surface area contributed by atoms with Crippen LogP contribution < -0.4 is 9.47 Å². The number of ether oxygens (including phenoxy) is 2. The standard InChI is InChI=1S/C28H34N4O4/c1-20(2)23-7-4-21(5-8-23)15-31(16-22-6-9-25-26(14-22)36-19-35-25)17-27-29-24(18-34-27)28(33)32-12-10-30(3)11-13-32/h4-9,14,18,20H,10-13,15-17,19H2,1-3H3. The number of fused-ring (bicyclic) bond motifs is 1. The van der Waals surface area contributed by atoms with Crippen LogP contribution in [0.25, 0.3) is 0 Å². The summed E-state index contributed by atoms with van der Waals surface area (Å²) in [6.07, 6.45) is 1.49. The number of rotatable bonds is 8. The van der Waals surface area contributed by atoms with Crippen molar-refractivity contribution >= 4 is 5.91 Å². The summed E-state index contributed by atoms with van der Waals surface area (Å²) in [5, 5.41) is 0. The lowest BCUT2D eigenvalue weighted by Gasteiger charge is -2.31. The van der Waals surface area contributed by atoms with E-state index in [4.69, 9.17) is 13.9 Å². The summed E-state index contributed by atoms with van der Waals surface area (Å²) in [6, 6.07) is 14.8. The van der Waals surface area contributed by atoms with E-state index in [0.29, 0.717) is 43.7 Å². The zero-order valence-electron chi connectivity index (χ0n) is 21.3. The van der Waals surface area contributed by atoms with Gasteiger partial charge in [-0.1, -0.05) is 44.2 Å². The summed E-state index contributed by atoms with van der Waals surface area (Å²) in [6.45, 7) is 9.69. The lowest BCUT2D eigenvalue weighted by Crippen LogP contribution is -2.47. The Morgan fingerprint density at radius 1 is 0.944 bits per heavy atom. The van der Waals surface area contributed by atoms with Crippen molar-refractivity contribution in [3.8, 4) is 11.5 Å². The summed E-state index contributed by atoms with van der Waals surface area (Å²) in [4.78, 5) is 23.8. The number of hydrogen-bond acceptors (Lipinski definition) is 7. The predicted molar refractivity (Wildman–Crippen MR) is 136 cm³/mol. The fourth-order valence-corrected chi connectivity index (χ4v) is 4.58. The number of oxazole rings is 1. The van der Waals surface area contributed by atoms with Gasteiger partial charge in [-0.2, -0.15) is 0 Å². The van der Waals surface area contributed by atoms with Crippen molar-refractivity contribution in [3.05, 3.63) is 77.0 Å². The molecular weight excluding hydrogens is 456 g/mol. The quantitative estimate of drug-likeness (QED) is 0.470. The van der Waals surface area contributed by atoms with E-state index in [9.17, 15) is 4.79 Å². The summed E-state index contributed by atoms with van der Waals surface area (Å²) >= 11 is 0. The second-order valence-electron chi connectivity index (χ2n) is 9.95. The Labute approximate surface area is 212 Å². The van der Waals surface area contributed by atoms with E-state index in [0.717, 1.165) is 36.7 Å². The normalized spacial score (nSPS) is 15.8. The minimum Gasteiger partial charge on any atom is -0.454 e. The molecule has 1 amide bonds. The van der Waals surface area contributed by atoms with Gasteiger partial charge in [-0.25, -0.2) is 4.98 Å². The molecule has 1 aromatic heterocycles. The molecule has 1 fully saturated rings. The Kier molecular flexibility index (Phi) is 7.25. The van der Waals surface area contributed by atoms with Crippen molar-refractivity contribution in [2.24, 2.45) is 0 Å². The zero-order chi connectivity index (χ0) is 25.1. The number of benzene rings is 2. The van der Waals surface area contributed by atoms with E-state index in [2.05, 4.69) is 66.0 Å². The third kappa shape index (κ3) is 5.71. The molecule has 0 saturated carbocycles. The van der Waals surface area contributed by atoms with Gasteiger partial charge in [0, 0.05) is 39.3 Å². The molecule has 36 heavy (non-hydrogen) atoms. The van der Waals surface area contributed by atoms with Crippen molar-refractivity contribution in [2.75, 3.05) is 40.0 Å². The van der Waals surface area contributed by atoms with Crippen LogP contribution in [-0.4, -0.2) is 65.6 Å². The van der Waals surface area contributed by atoms with Gasteiger partial charge in [0.2, 0.25) is 12.7 Å². The smallest absolute Gasteiger partial charge is 0.275 e. The van der Waals surface area contributed by atoms with Gasteiger partial charge >= 0.3 is 0 Å². The van der Waals surface area contributed by atoms with E-state index in [1.165, 1.54) is 17.4 Å². The fraction of sp³-hybridized carbons (Fsp3) is 0.429. The lowest BCUT2D eigenvalue weighted by atomic mass is 10.0.